The van der Waals surface area contributed by atoms with Crippen LogP contribution in [0.1, 0.15) is 31.2 Å². The van der Waals surface area contributed by atoms with Crippen molar-refractivity contribution in [1.82, 2.24) is 15.1 Å². The first-order chi connectivity index (χ1) is 11.7. The maximum Gasteiger partial charge on any atom is 0.317 e. The molecular weight excluding hydrogens is 322 g/mol. The Morgan fingerprint density at radius 2 is 2.21 bits per heavy atom. The lowest BCUT2D eigenvalue weighted by atomic mass is 9.83. The van der Waals surface area contributed by atoms with Crippen LogP contribution < -0.4 is 5.32 Å². The minimum absolute atomic E-state index is 0.0888. The summed E-state index contributed by atoms with van der Waals surface area (Å²) in [6, 6.07) is 2.31. The van der Waals surface area contributed by atoms with Crippen LogP contribution >= 0.6 is 11.3 Å². The summed E-state index contributed by atoms with van der Waals surface area (Å²) in [5, 5.41) is 7.46. The van der Waals surface area contributed by atoms with Crippen LogP contribution in [0.15, 0.2) is 16.8 Å². The molecule has 0 aliphatic carbocycles. The Morgan fingerprint density at radius 3 is 2.88 bits per heavy atom. The average molecular weight is 350 g/mol. The van der Waals surface area contributed by atoms with Crippen LogP contribution in [0.4, 0.5) is 4.79 Å². The highest BCUT2D eigenvalue weighted by atomic mass is 32.1. The Balaban J connectivity index is 1.16. The highest BCUT2D eigenvalue weighted by Crippen LogP contribution is 2.36. The van der Waals surface area contributed by atoms with E-state index in [1.54, 1.807) is 11.3 Å². The van der Waals surface area contributed by atoms with E-state index in [0.29, 0.717) is 5.92 Å². The third-order valence-electron chi connectivity index (χ3n) is 5.58. The van der Waals surface area contributed by atoms with Crippen LogP contribution in [-0.4, -0.2) is 60.8 Å². The van der Waals surface area contributed by atoms with Crippen molar-refractivity contribution >= 4 is 17.4 Å². The number of hydrogen-bond acceptors (Lipinski definition) is 4. The summed E-state index contributed by atoms with van der Waals surface area (Å²) in [6.45, 7) is 6.51. The molecule has 4 heterocycles. The highest BCUT2D eigenvalue weighted by Gasteiger charge is 2.46. The average Bonchev–Trinajstić information content (AvgIpc) is 3.26. The third kappa shape index (κ3) is 3.60. The Bertz CT molecular complexity index is 541. The second-order valence-corrected chi connectivity index (χ2v) is 8.34. The summed E-state index contributed by atoms with van der Waals surface area (Å²) in [7, 11) is 0. The van der Waals surface area contributed by atoms with Crippen molar-refractivity contribution in [3.8, 4) is 0 Å². The van der Waals surface area contributed by atoms with Gasteiger partial charge in [-0.2, -0.15) is 11.3 Å². The SMILES string of the molecule is O=C(NCC1CCC2(CN(Cc3ccsc3)C2)OC1)N1CCCC1. The fourth-order valence-corrected chi connectivity index (χ4v) is 4.77. The molecule has 6 heteroatoms. The van der Waals surface area contributed by atoms with E-state index in [1.807, 2.05) is 4.90 Å². The minimum Gasteiger partial charge on any atom is -0.372 e. The number of ether oxygens (including phenoxy) is 1. The zero-order valence-electron chi connectivity index (χ0n) is 14.2. The largest absolute Gasteiger partial charge is 0.372 e. The topological polar surface area (TPSA) is 44.8 Å². The molecule has 1 aromatic rings. The number of hydrogen-bond donors (Lipinski definition) is 1. The molecule has 4 rings (SSSR count). The number of carbonyl (C=O) groups is 1. The maximum absolute atomic E-state index is 12.0. The van der Waals surface area contributed by atoms with E-state index in [9.17, 15) is 4.79 Å². The van der Waals surface area contributed by atoms with E-state index >= 15 is 0 Å². The van der Waals surface area contributed by atoms with Crippen LogP contribution in [0, 0.1) is 5.92 Å². The zero-order valence-corrected chi connectivity index (χ0v) is 15.0. The number of urea groups is 1. The molecule has 3 saturated heterocycles. The van der Waals surface area contributed by atoms with Gasteiger partial charge in [0.15, 0.2) is 0 Å². The van der Waals surface area contributed by atoms with Gasteiger partial charge in [0.05, 0.1) is 12.2 Å². The van der Waals surface area contributed by atoms with Crippen molar-refractivity contribution < 1.29 is 9.53 Å². The molecule has 0 aromatic carbocycles. The van der Waals surface area contributed by atoms with Gasteiger partial charge < -0.3 is 15.0 Å². The van der Waals surface area contributed by atoms with Gasteiger partial charge in [0.1, 0.15) is 0 Å². The van der Waals surface area contributed by atoms with Gasteiger partial charge in [-0.25, -0.2) is 4.79 Å². The van der Waals surface area contributed by atoms with E-state index in [-0.39, 0.29) is 11.6 Å². The van der Waals surface area contributed by atoms with Gasteiger partial charge in [-0.05, 0) is 54.0 Å². The monoisotopic (exact) mass is 349 g/mol. The second-order valence-electron chi connectivity index (χ2n) is 7.56. The van der Waals surface area contributed by atoms with Gasteiger partial charge in [0.2, 0.25) is 0 Å². The van der Waals surface area contributed by atoms with Gasteiger partial charge >= 0.3 is 6.03 Å². The van der Waals surface area contributed by atoms with Gasteiger partial charge in [-0.15, -0.1) is 0 Å². The fourth-order valence-electron chi connectivity index (χ4n) is 4.11. The Kier molecular flexibility index (Phi) is 4.79. The third-order valence-corrected chi connectivity index (χ3v) is 6.31. The van der Waals surface area contributed by atoms with Crippen molar-refractivity contribution in [3.63, 3.8) is 0 Å². The molecule has 24 heavy (non-hydrogen) atoms. The van der Waals surface area contributed by atoms with Gasteiger partial charge in [0, 0.05) is 39.3 Å². The summed E-state index contributed by atoms with van der Waals surface area (Å²) in [5.74, 6) is 0.466. The number of nitrogens with zero attached hydrogens (tertiary/aromatic N) is 2. The van der Waals surface area contributed by atoms with E-state index in [4.69, 9.17) is 4.74 Å². The predicted molar refractivity (Wildman–Crippen MR) is 95.2 cm³/mol. The normalized spacial score (nSPS) is 26.5. The highest BCUT2D eigenvalue weighted by molar-refractivity contribution is 7.07. The van der Waals surface area contributed by atoms with Crippen molar-refractivity contribution in [3.05, 3.63) is 22.4 Å². The first-order valence-electron chi connectivity index (χ1n) is 9.13. The van der Waals surface area contributed by atoms with Crippen molar-refractivity contribution in [2.24, 2.45) is 5.92 Å². The number of amides is 2. The Morgan fingerprint density at radius 1 is 1.38 bits per heavy atom. The molecule has 3 aliphatic rings. The molecule has 3 fully saturated rings. The molecule has 3 aliphatic heterocycles. The van der Waals surface area contributed by atoms with E-state index in [2.05, 4.69) is 27.0 Å². The van der Waals surface area contributed by atoms with Crippen LogP contribution in [0.2, 0.25) is 0 Å². The molecule has 132 valence electrons. The number of rotatable bonds is 4. The lowest BCUT2D eigenvalue weighted by molar-refractivity contribution is -0.181. The zero-order chi connectivity index (χ0) is 16.4. The second kappa shape index (κ2) is 7.02. The maximum atomic E-state index is 12.0. The summed E-state index contributed by atoms with van der Waals surface area (Å²) < 4.78 is 6.22. The lowest BCUT2D eigenvalue weighted by Crippen LogP contribution is -2.64. The van der Waals surface area contributed by atoms with E-state index in [0.717, 1.165) is 71.6 Å². The fraction of sp³-hybridized carbons (Fsp3) is 0.722. The van der Waals surface area contributed by atoms with Gasteiger partial charge in [-0.3, -0.25) is 4.90 Å². The minimum atomic E-state index is 0.0888. The van der Waals surface area contributed by atoms with Crippen molar-refractivity contribution in [2.45, 2.75) is 37.8 Å². The van der Waals surface area contributed by atoms with Gasteiger partial charge in [-0.1, -0.05) is 0 Å². The molecule has 2 amide bonds. The van der Waals surface area contributed by atoms with E-state index in [1.165, 1.54) is 5.56 Å². The Labute approximate surface area is 148 Å². The molecule has 1 N–H and O–H groups in total. The lowest BCUT2D eigenvalue weighted by Gasteiger charge is -2.53. The molecule has 0 radical (unpaired) electrons. The molecule has 1 atom stereocenters. The first-order valence-corrected chi connectivity index (χ1v) is 10.1. The standard InChI is InChI=1S/C18H27N3O2S/c22-17(21-6-1-2-7-21)19-9-15-3-5-18(23-11-15)13-20(14-18)10-16-4-8-24-12-16/h4,8,12,15H,1-3,5-7,9-11,13-14H2,(H,19,22). The first kappa shape index (κ1) is 16.4. The van der Waals surface area contributed by atoms with E-state index < -0.39 is 0 Å². The number of thiophene rings is 1. The number of carbonyl (C=O) groups excluding carboxylic acids is 1. The molecule has 5 nitrogen and oxygen atoms in total. The molecular formula is C18H27N3O2S. The predicted octanol–water partition coefficient (Wildman–Crippen LogP) is 2.53. The van der Waals surface area contributed by atoms with Gasteiger partial charge in [0.25, 0.3) is 0 Å². The number of nitrogens with one attached hydrogen (secondary N) is 1. The van der Waals surface area contributed by atoms with Crippen molar-refractivity contribution in [1.29, 1.82) is 0 Å². The van der Waals surface area contributed by atoms with Crippen LogP contribution in [0.25, 0.3) is 0 Å². The summed E-state index contributed by atoms with van der Waals surface area (Å²) >= 11 is 1.76. The van der Waals surface area contributed by atoms with Crippen molar-refractivity contribution in [2.75, 3.05) is 39.3 Å². The summed E-state index contributed by atoms with van der Waals surface area (Å²) in [4.78, 5) is 16.4. The summed E-state index contributed by atoms with van der Waals surface area (Å²) in [5.41, 5.74) is 1.50. The molecule has 1 spiro atoms. The molecule has 1 unspecified atom stereocenters. The Hall–Kier alpha value is -1.11. The number of likely N-dealkylation sites (tertiary alicyclic amines) is 2. The molecule has 0 bridgehead atoms. The smallest absolute Gasteiger partial charge is 0.317 e. The molecule has 1 aromatic heterocycles. The summed E-state index contributed by atoms with van der Waals surface area (Å²) in [6.07, 6.45) is 4.57. The molecule has 0 saturated carbocycles. The van der Waals surface area contributed by atoms with Crippen LogP contribution in [0.3, 0.4) is 0 Å². The van der Waals surface area contributed by atoms with Crippen LogP contribution in [0.5, 0.6) is 0 Å². The van der Waals surface area contributed by atoms with Crippen LogP contribution in [-0.2, 0) is 11.3 Å². The quantitative estimate of drug-likeness (QED) is 0.908.